The number of piperidine rings is 1. The molecule has 1 amide bonds. The van der Waals surface area contributed by atoms with Crippen LogP contribution in [0.25, 0.3) is 0 Å². The van der Waals surface area contributed by atoms with Gasteiger partial charge < -0.3 is 9.64 Å². The minimum Gasteiger partial charge on any atom is -0.450 e. The molecule has 4 heteroatoms. The number of carbonyl (C=O) groups excluding carboxylic acids is 1. The number of likely N-dealkylation sites (tertiary alicyclic amines) is 1. The van der Waals surface area contributed by atoms with Gasteiger partial charge >= 0.3 is 6.09 Å². The minimum absolute atomic E-state index is 0.225. The molecule has 138 valence electrons. The van der Waals surface area contributed by atoms with Crippen LogP contribution in [0.1, 0.15) is 39.2 Å². The van der Waals surface area contributed by atoms with Gasteiger partial charge in [-0.2, -0.15) is 0 Å². The van der Waals surface area contributed by atoms with E-state index in [4.69, 9.17) is 4.74 Å². The Morgan fingerprint density at radius 2 is 2.08 bits per heavy atom. The molecule has 4 nitrogen and oxygen atoms in total. The molecule has 0 N–H and O–H groups in total. The Labute approximate surface area is 152 Å². The summed E-state index contributed by atoms with van der Waals surface area (Å²) in [5, 5.41) is 0. The first-order chi connectivity index (χ1) is 11.9. The molecule has 0 aromatic heterocycles. The molecule has 1 fully saturated rings. The molecule has 0 radical (unpaired) electrons. The minimum atomic E-state index is -0.268. The Kier molecular flexibility index (Phi) is 6.65. The average molecular weight is 344 g/mol. The highest BCUT2D eigenvalue weighted by Crippen LogP contribution is 2.40. The van der Waals surface area contributed by atoms with E-state index >= 15 is 0 Å². The maximum atomic E-state index is 12.9. The van der Waals surface area contributed by atoms with Crippen LogP contribution in [0.3, 0.4) is 0 Å². The molecule has 0 bridgehead atoms. The molecule has 0 saturated carbocycles. The first-order valence-corrected chi connectivity index (χ1v) is 9.24. The van der Waals surface area contributed by atoms with Crippen molar-refractivity contribution < 1.29 is 9.53 Å². The number of ether oxygens (including phenoxy) is 1. The Bertz CT molecular complexity index is 575. The summed E-state index contributed by atoms with van der Waals surface area (Å²) < 4.78 is 5.45. The molecule has 25 heavy (non-hydrogen) atoms. The smallest absolute Gasteiger partial charge is 0.410 e. The fraction of sp³-hybridized carbons (Fsp3) is 0.571. The van der Waals surface area contributed by atoms with Crippen molar-refractivity contribution in [1.29, 1.82) is 0 Å². The van der Waals surface area contributed by atoms with Crippen molar-refractivity contribution in [2.75, 3.05) is 20.2 Å². The summed E-state index contributed by atoms with van der Waals surface area (Å²) in [6, 6.07) is 10.6. The van der Waals surface area contributed by atoms with Crippen LogP contribution in [0.2, 0.25) is 0 Å². The fourth-order valence-corrected chi connectivity index (χ4v) is 4.04. The predicted octanol–water partition coefficient (Wildman–Crippen LogP) is 4.32. The van der Waals surface area contributed by atoms with E-state index in [0.29, 0.717) is 25.1 Å². The van der Waals surface area contributed by atoms with Crippen LogP contribution in [-0.2, 0) is 11.3 Å². The molecule has 1 aromatic carbocycles. The second-order valence-corrected chi connectivity index (χ2v) is 7.26. The summed E-state index contributed by atoms with van der Waals surface area (Å²) in [6.07, 6.45) is 3.42. The highest BCUT2D eigenvalue weighted by molar-refractivity contribution is 5.69. The van der Waals surface area contributed by atoms with Crippen LogP contribution in [0, 0.1) is 5.92 Å². The zero-order chi connectivity index (χ0) is 18.4. The standard InChI is InChI=1S/C21H32N2O2/c1-6-13-21(14-18(4)22(5)15-17(21)3)23(20(24)25-7-2)16-19-11-9-8-10-12-19/h6,8-12,17-18H,1,7,13-16H2,2-5H3. The van der Waals surface area contributed by atoms with E-state index in [9.17, 15) is 4.79 Å². The van der Waals surface area contributed by atoms with Crippen molar-refractivity contribution in [1.82, 2.24) is 9.80 Å². The van der Waals surface area contributed by atoms with Crippen molar-refractivity contribution in [3.8, 4) is 0 Å². The Balaban J connectivity index is 2.42. The van der Waals surface area contributed by atoms with Gasteiger partial charge in [-0.05, 0) is 45.2 Å². The van der Waals surface area contributed by atoms with Gasteiger partial charge in [0.25, 0.3) is 0 Å². The van der Waals surface area contributed by atoms with Gasteiger partial charge in [-0.15, -0.1) is 6.58 Å². The van der Waals surface area contributed by atoms with Crippen LogP contribution in [0.15, 0.2) is 43.0 Å². The van der Waals surface area contributed by atoms with Crippen LogP contribution < -0.4 is 0 Å². The Morgan fingerprint density at radius 1 is 1.40 bits per heavy atom. The molecular weight excluding hydrogens is 312 g/mol. The summed E-state index contributed by atoms with van der Waals surface area (Å²) in [6.45, 7) is 12.2. The van der Waals surface area contributed by atoms with E-state index < -0.39 is 0 Å². The number of benzene rings is 1. The monoisotopic (exact) mass is 344 g/mol. The molecule has 0 spiro atoms. The van der Waals surface area contributed by atoms with Crippen LogP contribution >= 0.6 is 0 Å². The predicted molar refractivity (Wildman–Crippen MR) is 102 cm³/mol. The lowest BCUT2D eigenvalue weighted by molar-refractivity contribution is -0.0360. The summed E-state index contributed by atoms with van der Waals surface area (Å²) in [5.41, 5.74) is 0.855. The van der Waals surface area contributed by atoms with E-state index in [-0.39, 0.29) is 11.6 Å². The molecular formula is C21H32N2O2. The molecule has 3 atom stereocenters. The van der Waals surface area contributed by atoms with Crippen molar-refractivity contribution >= 4 is 6.09 Å². The lowest BCUT2D eigenvalue weighted by Gasteiger charge is -2.53. The zero-order valence-corrected chi connectivity index (χ0v) is 16.1. The number of hydrogen-bond donors (Lipinski definition) is 0. The van der Waals surface area contributed by atoms with Gasteiger partial charge in [-0.25, -0.2) is 4.79 Å². The molecule has 1 aliphatic rings. The van der Waals surface area contributed by atoms with Gasteiger partial charge in [0, 0.05) is 19.1 Å². The number of nitrogens with zero attached hydrogens (tertiary/aromatic N) is 2. The molecule has 0 aliphatic carbocycles. The van der Waals surface area contributed by atoms with Crippen molar-refractivity contribution in [2.45, 2.75) is 51.7 Å². The van der Waals surface area contributed by atoms with Crippen LogP contribution in [0.5, 0.6) is 0 Å². The van der Waals surface area contributed by atoms with Gasteiger partial charge in [0.2, 0.25) is 0 Å². The largest absolute Gasteiger partial charge is 0.450 e. The normalized spacial score (nSPS) is 26.9. The first-order valence-electron chi connectivity index (χ1n) is 9.24. The third-order valence-electron chi connectivity index (χ3n) is 5.59. The van der Waals surface area contributed by atoms with E-state index in [2.05, 4.69) is 44.5 Å². The topological polar surface area (TPSA) is 32.8 Å². The first kappa shape index (κ1) is 19.5. The number of rotatable bonds is 6. The van der Waals surface area contributed by atoms with Crippen LogP contribution in [0.4, 0.5) is 4.79 Å². The highest BCUT2D eigenvalue weighted by Gasteiger charge is 2.48. The summed E-state index contributed by atoms with van der Waals surface area (Å²) in [4.78, 5) is 17.2. The molecule has 1 saturated heterocycles. The van der Waals surface area contributed by atoms with Gasteiger partial charge in [0.05, 0.1) is 12.1 Å². The molecule has 1 aliphatic heterocycles. The van der Waals surface area contributed by atoms with Crippen LogP contribution in [-0.4, -0.2) is 47.7 Å². The highest BCUT2D eigenvalue weighted by atomic mass is 16.6. The summed E-state index contributed by atoms with van der Waals surface area (Å²) >= 11 is 0. The van der Waals surface area contributed by atoms with E-state index in [0.717, 1.165) is 24.9 Å². The maximum absolute atomic E-state index is 12.9. The molecule has 1 heterocycles. The Hall–Kier alpha value is -1.81. The third kappa shape index (κ3) is 4.24. The number of hydrogen-bond acceptors (Lipinski definition) is 3. The number of carbonyl (C=O) groups is 1. The number of amides is 1. The second-order valence-electron chi connectivity index (χ2n) is 7.26. The average Bonchev–Trinajstić information content (AvgIpc) is 2.59. The van der Waals surface area contributed by atoms with E-state index in [1.165, 1.54) is 0 Å². The summed E-state index contributed by atoms with van der Waals surface area (Å²) in [5.74, 6) is 0.333. The van der Waals surface area contributed by atoms with E-state index in [1.807, 2.05) is 36.1 Å². The molecule has 2 rings (SSSR count). The summed E-state index contributed by atoms with van der Waals surface area (Å²) in [7, 11) is 2.16. The SMILES string of the molecule is C=CCC1(N(Cc2ccccc2)C(=O)OCC)CC(C)N(C)CC1C. The lowest BCUT2D eigenvalue weighted by Crippen LogP contribution is -2.63. The van der Waals surface area contributed by atoms with Crippen molar-refractivity contribution in [3.63, 3.8) is 0 Å². The van der Waals surface area contributed by atoms with Crippen molar-refractivity contribution in [3.05, 3.63) is 48.6 Å². The fourth-order valence-electron chi connectivity index (χ4n) is 4.04. The quantitative estimate of drug-likeness (QED) is 0.721. The molecule has 1 aromatic rings. The second kappa shape index (κ2) is 8.52. The van der Waals surface area contributed by atoms with Crippen molar-refractivity contribution in [2.24, 2.45) is 5.92 Å². The van der Waals surface area contributed by atoms with E-state index in [1.54, 1.807) is 0 Å². The molecule has 3 unspecified atom stereocenters. The maximum Gasteiger partial charge on any atom is 0.410 e. The van der Waals surface area contributed by atoms with Gasteiger partial charge in [-0.3, -0.25) is 4.90 Å². The zero-order valence-electron chi connectivity index (χ0n) is 16.1. The van der Waals surface area contributed by atoms with Gasteiger partial charge in [0.1, 0.15) is 0 Å². The Morgan fingerprint density at radius 3 is 2.68 bits per heavy atom. The third-order valence-corrected chi connectivity index (χ3v) is 5.59. The van der Waals surface area contributed by atoms with Gasteiger partial charge in [-0.1, -0.05) is 43.3 Å². The van der Waals surface area contributed by atoms with Gasteiger partial charge in [0.15, 0.2) is 0 Å². The lowest BCUT2D eigenvalue weighted by atomic mass is 9.72.